The first kappa shape index (κ1) is 32.8. The van der Waals surface area contributed by atoms with Crippen molar-refractivity contribution in [2.45, 2.75) is 37.6 Å². The van der Waals surface area contributed by atoms with Gasteiger partial charge in [-0.05, 0) is 108 Å². The maximum atomic E-state index is 5.12. The standard InChI is InChI=1S/C55H41N/c1-3-39-41(40-22-8-7-18-36(40)2)32-33-51-53(39)52-38(35-56-34-37-19-5-4-6-20-37)21-17-31-50(52)55(51)48-29-15-13-27-46(48)54(47-28-14-16-30-49(47)55)44-25-11-9-23-42(44)43-24-10-12-26-45(43)54/h4-33,35H,3,34H2,1-2H3. The Hall–Kier alpha value is -6.57. The third kappa shape index (κ3) is 4.23. The van der Waals surface area contributed by atoms with Crippen LogP contribution in [0.5, 0.6) is 0 Å². The van der Waals surface area contributed by atoms with Gasteiger partial charge in [-0.3, -0.25) is 4.99 Å². The SMILES string of the molecule is CCc1c(-c2ccccc2C)ccc2c1-c1c(C=NCc3ccccc3)cccc1C21c2ccccc2C2(c3ccccc3-c3ccccc32)c2ccccc21. The summed E-state index contributed by atoms with van der Waals surface area (Å²) in [5.41, 5.74) is 22.8. The highest BCUT2D eigenvalue weighted by molar-refractivity contribution is 6.02. The van der Waals surface area contributed by atoms with Crippen LogP contribution in [0.25, 0.3) is 33.4 Å². The Balaban J connectivity index is 1.27. The Kier molecular flexibility index (Phi) is 7.32. The van der Waals surface area contributed by atoms with Crippen LogP contribution < -0.4 is 0 Å². The molecule has 0 radical (unpaired) electrons. The van der Waals surface area contributed by atoms with Crippen LogP contribution in [0.15, 0.2) is 187 Å². The third-order valence-electron chi connectivity index (χ3n) is 13.0. The molecular weight excluding hydrogens is 675 g/mol. The van der Waals surface area contributed by atoms with E-state index in [-0.39, 0.29) is 0 Å². The zero-order valence-corrected chi connectivity index (χ0v) is 31.8. The molecule has 0 bridgehead atoms. The maximum absolute atomic E-state index is 5.12. The minimum atomic E-state index is -0.549. The van der Waals surface area contributed by atoms with E-state index >= 15 is 0 Å². The van der Waals surface area contributed by atoms with Crippen molar-refractivity contribution in [1.29, 1.82) is 0 Å². The van der Waals surface area contributed by atoms with Crippen LogP contribution in [0.2, 0.25) is 0 Å². The van der Waals surface area contributed by atoms with Gasteiger partial charge in [-0.25, -0.2) is 0 Å². The van der Waals surface area contributed by atoms with Gasteiger partial charge in [0.05, 0.1) is 17.4 Å². The highest BCUT2D eigenvalue weighted by Crippen LogP contribution is 2.68. The van der Waals surface area contributed by atoms with E-state index in [2.05, 4.69) is 202 Å². The largest absolute Gasteiger partial charge is 0.288 e. The molecule has 0 fully saturated rings. The lowest BCUT2D eigenvalue weighted by atomic mass is 9.52. The number of fused-ring (bicyclic) bond motifs is 16. The Morgan fingerprint density at radius 1 is 0.411 bits per heavy atom. The van der Waals surface area contributed by atoms with E-state index in [1.54, 1.807) is 0 Å². The van der Waals surface area contributed by atoms with Gasteiger partial charge < -0.3 is 0 Å². The molecule has 0 unspecified atom stereocenters. The van der Waals surface area contributed by atoms with Crippen LogP contribution >= 0.6 is 0 Å². The van der Waals surface area contributed by atoms with Gasteiger partial charge in [0.2, 0.25) is 0 Å². The molecular formula is C55H41N. The average Bonchev–Trinajstić information content (AvgIpc) is 3.72. The number of hydrogen-bond acceptors (Lipinski definition) is 1. The van der Waals surface area contributed by atoms with Crippen molar-refractivity contribution in [2.75, 3.05) is 0 Å². The van der Waals surface area contributed by atoms with Crippen molar-refractivity contribution in [3.8, 4) is 33.4 Å². The number of aryl methyl sites for hydroxylation is 1. The van der Waals surface area contributed by atoms with Crippen molar-refractivity contribution in [3.63, 3.8) is 0 Å². The van der Waals surface area contributed by atoms with Gasteiger partial charge >= 0.3 is 0 Å². The average molecular weight is 716 g/mol. The Morgan fingerprint density at radius 2 is 0.893 bits per heavy atom. The zero-order valence-electron chi connectivity index (χ0n) is 31.8. The van der Waals surface area contributed by atoms with Crippen molar-refractivity contribution in [1.82, 2.24) is 0 Å². The van der Waals surface area contributed by atoms with E-state index in [1.165, 1.54) is 100 Å². The van der Waals surface area contributed by atoms with Gasteiger partial charge in [0.15, 0.2) is 0 Å². The fourth-order valence-electron chi connectivity index (χ4n) is 10.9. The molecule has 56 heavy (non-hydrogen) atoms. The molecule has 8 aromatic carbocycles. The normalized spacial score (nSPS) is 14.6. The number of hydrogen-bond donors (Lipinski definition) is 0. The molecule has 3 aliphatic rings. The summed E-state index contributed by atoms with van der Waals surface area (Å²) in [5.74, 6) is 0. The predicted molar refractivity (Wildman–Crippen MR) is 232 cm³/mol. The van der Waals surface area contributed by atoms with Gasteiger partial charge in [0.25, 0.3) is 0 Å². The fourth-order valence-corrected chi connectivity index (χ4v) is 10.9. The molecule has 8 aromatic rings. The lowest BCUT2D eigenvalue weighted by molar-refractivity contribution is 0.632. The van der Waals surface area contributed by atoms with E-state index in [4.69, 9.17) is 4.99 Å². The zero-order chi connectivity index (χ0) is 37.4. The molecule has 266 valence electrons. The molecule has 1 heteroatoms. The first-order valence-electron chi connectivity index (χ1n) is 20.0. The van der Waals surface area contributed by atoms with Gasteiger partial charge in [-0.2, -0.15) is 0 Å². The second-order valence-electron chi connectivity index (χ2n) is 15.6. The van der Waals surface area contributed by atoms with Crippen molar-refractivity contribution in [2.24, 2.45) is 4.99 Å². The van der Waals surface area contributed by atoms with Crippen molar-refractivity contribution >= 4 is 6.21 Å². The molecule has 0 saturated heterocycles. The molecule has 0 aromatic heterocycles. The maximum Gasteiger partial charge on any atom is 0.0720 e. The number of nitrogens with zero attached hydrogens (tertiary/aromatic N) is 1. The predicted octanol–water partition coefficient (Wildman–Crippen LogP) is 12.9. The summed E-state index contributed by atoms with van der Waals surface area (Å²) in [5, 5.41) is 0. The molecule has 0 atom stereocenters. The highest BCUT2D eigenvalue weighted by atomic mass is 14.7. The minimum Gasteiger partial charge on any atom is -0.288 e. The monoisotopic (exact) mass is 715 g/mol. The quantitative estimate of drug-likeness (QED) is 0.157. The summed E-state index contributed by atoms with van der Waals surface area (Å²) < 4.78 is 0. The third-order valence-corrected chi connectivity index (χ3v) is 13.0. The first-order chi connectivity index (χ1) is 27.7. The van der Waals surface area contributed by atoms with Crippen LogP contribution in [0.3, 0.4) is 0 Å². The summed E-state index contributed by atoms with van der Waals surface area (Å²) in [6, 6.07) is 68.3. The molecule has 1 nitrogen and oxygen atoms in total. The summed E-state index contributed by atoms with van der Waals surface area (Å²) >= 11 is 0. The number of aliphatic imine (C=N–C) groups is 1. The molecule has 0 amide bonds. The van der Waals surface area contributed by atoms with E-state index in [9.17, 15) is 0 Å². The van der Waals surface area contributed by atoms with Crippen LogP contribution in [0.1, 0.15) is 73.7 Å². The molecule has 0 N–H and O–H groups in total. The van der Waals surface area contributed by atoms with E-state index in [1.807, 2.05) is 0 Å². The fraction of sp³-hybridized carbons (Fsp3) is 0.109. The summed E-state index contributed by atoms with van der Waals surface area (Å²) in [7, 11) is 0. The van der Waals surface area contributed by atoms with Crippen LogP contribution in [-0.2, 0) is 23.8 Å². The molecule has 0 heterocycles. The van der Waals surface area contributed by atoms with Crippen LogP contribution in [0, 0.1) is 6.92 Å². The van der Waals surface area contributed by atoms with E-state index in [0.29, 0.717) is 6.54 Å². The summed E-state index contributed by atoms with van der Waals surface area (Å²) in [6.45, 7) is 5.21. The Morgan fingerprint density at radius 3 is 1.48 bits per heavy atom. The summed E-state index contributed by atoms with van der Waals surface area (Å²) in [4.78, 5) is 5.12. The topological polar surface area (TPSA) is 12.4 Å². The van der Waals surface area contributed by atoms with Gasteiger partial charge in [0.1, 0.15) is 0 Å². The molecule has 3 aliphatic carbocycles. The van der Waals surface area contributed by atoms with Gasteiger partial charge in [0, 0.05) is 11.8 Å². The highest BCUT2D eigenvalue weighted by Gasteiger charge is 2.59. The van der Waals surface area contributed by atoms with Crippen molar-refractivity contribution in [3.05, 3.63) is 249 Å². The van der Waals surface area contributed by atoms with E-state index in [0.717, 1.165) is 6.42 Å². The molecule has 0 saturated carbocycles. The van der Waals surface area contributed by atoms with Crippen LogP contribution in [0.4, 0.5) is 0 Å². The van der Waals surface area contributed by atoms with Gasteiger partial charge in [-0.15, -0.1) is 0 Å². The lowest BCUT2D eigenvalue weighted by Gasteiger charge is -2.49. The van der Waals surface area contributed by atoms with Gasteiger partial charge in [-0.1, -0.05) is 189 Å². The molecule has 0 aliphatic heterocycles. The lowest BCUT2D eigenvalue weighted by Crippen LogP contribution is -2.43. The van der Waals surface area contributed by atoms with Crippen LogP contribution in [-0.4, -0.2) is 6.21 Å². The smallest absolute Gasteiger partial charge is 0.0720 e. The second-order valence-corrected chi connectivity index (χ2v) is 15.6. The Bertz CT molecular complexity index is 2800. The molecule has 2 spiro atoms. The number of rotatable bonds is 5. The second kappa shape index (κ2) is 12.5. The minimum absolute atomic E-state index is 0.460. The molecule has 11 rings (SSSR count). The first-order valence-corrected chi connectivity index (χ1v) is 20.0. The van der Waals surface area contributed by atoms with E-state index < -0.39 is 10.8 Å². The number of benzene rings is 8. The Labute approximate surface area is 329 Å². The summed E-state index contributed by atoms with van der Waals surface area (Å²) in [6.07, 6.45) is 3.05. The van der Waals surface area contributed by atoms with Crippen molar-refractivity contribution < 1.29 is 0 Å².